The summed E-state index contributed by atoms with van der Waals surface area (Å²) >= 11 is 0. The lowest BCUT2D eigenvalue weighted by Crippen LogP contribution is -2.38. The van der Waals surface area contributed by atoms with Gasteiger partial charge in [0, 0.05) is 13.0 Å². The SMILES string of the molecule is CC(=O)NC(CC(=O)NC(C)CO)c1ccc(C)cc1. The number of benzene rings is 1. The van der Waals surface area contributed by atoms with Gasteiger partial charge in [-0.1, -0.05) is 29.8 Å². The molecule has 0 aromatic heterocycles. The molecule has 0 saturated carbocycles. The lowest BCUT2D eigenvalue weighted by molar-refractivity contribution is -0.123. The molecule has 110 valence electrons. The Morgan fingerprint density at radius 2 is 1.80 bits per heavy atom. The molecular weight excluding hydrogens is 256 g/mol. The third kappa shape index (κ3) is 5.40. The molecule has 1 rings (SSSR count). The highest BCUT2D eigenvalue weighted by molar-refractivity contribution is 5.79. The number of aliphatic hydroxyl groups excluding tert-OH is 1. The van der Waals surface area contributed by atoms with Crippen molar-refractivity contribution in [3.63, 3.8) is 0 Å². The Balaban J connectivity index is 2.76. The van der Waals surface area contributed by atoms with Crippen molar-refractivity contribution in [2.75, 3.05) is 6.61 Å². The standard InChI is InChI=1S/C15H22N2O3/c1-10-4-6-13(7-5-10)14(17-12(3)19)8-15(20)16-11(2)9-18/h4-7,11,14,18H,8-9H2,1-3H3,(H,16,20)(H,17,19). The Hall–Kier alpha value is -1.88. The van der Waals surface area contributed by atoms with Gasteiger partial charge in [-0.15, -0.1) is 0 Å². The first kappa shape index (κ1) is 16.2. The number of hydrogen-bond donors (Lipinski definition) is 3. The summed E-state index contributed by atoms with van der Waals surface area (Å²) in [6.07, 6.45) is 0.146. The minimum atomic E-state index is -0.362. The number of carbonyl (C=O) groups is 2. The molecule has 0 radical (unpaired) electrons. The van der Waals surface area contributed by atoms with Crippen molar-refractivity contribution in [1.82, 2.24) is 10.6 Å². The van der Waals surface area contributed by atoms with Crippen LogP contribution in [0, 0.1) is 6.92 Å². The summed E-state index contributed by atoms with van der Waals surface area (Å²) in [5.41, 5.74) is 2.01. The first-order chi connectivity index (χ1) is 9.42. The van der Waals surface area contributed by atoms with Crippen LogP contribution < -0.4 is 10.6 Å². The van der Waals surface area contributed by atoms with Crippen LogP contribution in [0.5, 0.6) is 0 Å². The van der Waals surface area contributed by atoms with E-state index in [4.69, 9.17) is 5.11 Å². The van der Waals surface area contributed by atoms with Gasteiger partial charge in [0.25, 0.3) is 0 Å². The van der Waals surface area contributed by atoms with Gasteiger partial charge in [0.2, 0.25) is 11.8 Å². The van der Waals surface area contributed by atoms with E-state index in [0.717, 1.165) is 11.1 Å². The molecule has 3 N–H and O–H groups in total. The molecule has 5 heteroatoms. The predicted molar refractivity (Wildman–Crippen MR) is 77.0 cm³/mol. The third-order valence-corrected chi connectivity index (χ3v) is 2.93. The van der Waals surface area contributed by atoms with Crippen molar-refractivity contribution < 1.29 is 14.7 Å². The lowest BCUT2D eigenvalue weighted by atomic mass is 10.0. The van der Waals surface area contributed by atoms with E-state index in [-0.39, 0.29) is 36.9 Å². The maximum atomic E-state index is 11.9. The predicted octanol–water partition coefficient (Wildman–Crippen LogP) is 1.06. The van der Waals surface area contributed by atoms with Crippen LogP contribution in [0.15, 0.2) is 24.3 Å². The molecule has 2 unspecified atom stereocenters. The second-order valence-corrected chi connectivity index (χ2v) is 5.02. The van der Waals surface area contributed by atoms with E-state index in [1.165, 1.54) is 6.92 Å². The largest absolute Gasteiger partial charge is 0.394 e. The zero-order valence-electron chi connectivity index (χ0n) is 12.1. The molecule has 0 fully saturated rings. The van der Waals surface area contributed by atoms with E-state index >= 15 is 0 Å². The number of aryl methyl sites for hydroxylation is 1. The van der Waals surface area contributed by atoms with Crippen molar-refractivity contribution in [2.24, 2.45) is 0 Å². The first-order valence-electron chi connectivity index (χ1n) is 6.66. The fourth-order valence-electron chi connectivity index (χ4n) is 1.86. The molecule has 0 spiro atoms. The van der Waals surface area contributed by atoms with Crippen LogP contribution >= 0.6 is 0 Å². The Labute approximate surface area is 119 Å². The zero-order chi connectivity index (χ0) is 15.1. The summed E-state index contributed by atoms with van der Waals surface area (Å²) in [6.45, 7) is 5.01. The van der Waals surface area contributed by atoms with E-state index < -0.39 is 0 Å². The van der Waals surface area contributed by atoms with Crippen LogP contribution in [0.3, 0.4) is 0 Å². The van der Waals surface area contributed by atoms with Crippen LogP contribution in [0.1, 0.15) is 37.4 Å². The Morgan fingerprint density at radius 3 is 2.30 bits per heavy atom. The first-order valence-corrected chi connectivity index (χ1v) is 6.66. The molecule has 0 aliphatic carbocycles. The maximum Gasteiger partial charge on any atom is 0.222 e. The van der Waals surface area contributed by atoms with Crippen LogP contribution in [-0.2, 0) is 9.59 Å². The molecule has 1 aromatic carbocycles. The van der Waals surface area contributed by atoms with Crippen molar-refractivity contribution in [1.29, 1.82) is 0 Å². The van der Waals surface area contributed by atoms with Gasteiger partial charge in [0.05, 0.1) is 19.1 Å². The summed E-state index contributed by atoms with van der Waals surface area (Å²) in [5, 5.41) is 14.4. The highest BCUT2D eigenvalue weighted by Crippen LogP contribution is 2.17. The van der Waals surface area contributed by atoms with Crippen molar-refractivity contribution in [3.05, 3.63) is 35.4 Å². The maximum absolute atomic E-state index is 11.9. The molecule has 20 heavy (non-hydrogen) atoms. The van der Waals surface area contributed by atoms with Crippen LogP contribution in [-0.4, -0.2) is 29.6 Å². The van der Waals surface area contributed by atoms with Gasteiger partial charge in [-0.2, -0.15) is 0 Å². The van der Waals surface area contributed by atoms with Crippen LogP contribution in [0.25, 0.3) is 0 Å². The number of nitrogens with one attached hydrogen (secondary N) is 2. The van der Waals surface area contributed by atoms with Gasteiger partial charge in [-0.3, -0.25) is 9.59 Å². The molecule has 1 aromatic rings. The minimum Gasteiger partial charge on any atom is -0.394 e. The summed E-state index contributed by atoms with van der Waals surface area (Å²) in [6, 6.07) is 7.03. The van der Waals surface area contributed by atoms with Crippen LogP contribution in [0.4, 0.5) is 0 Å². The smallest absolute Gasteiger partial charge is 0.222 e. The normalized spacial score (nSPS) is 13.4. The molecule has 0 saturated heterocycles. The van der Waals surface area contributed by atoms with Crippen molar-refractivity contribution in [2.45, 2.75) is 39.3 Å². The fourth-order valence-corrected chi connectivity index (χ4v) is 1.86. The number of rotatable bonds is 6. The molecule has 0 heterocycles. The van der Waals surface area contributed by atoms with E-state index in [1.807, 2.05) is 31.2 Å². The number of aliphatic hydroxyl groups is 1. The Kier molecular flexibility index (Phi) is 6.18. The number of carbonyl (C=O) groups excluding carboxylic acids is 2. The zero-order valence-corrected chi connectivity index (χ0v) is 12.1. The van der Waals surface area contributed by atoms with Crippen molar-refractivity contribution >= 4 is 11.8 Å². The number of hydrogen-bond acceptors (Lipinski definition) is 3. The highest BCUT2D eigenvalue weighted by atomic mass is 16.3. The van der Waals surface area contributed by atoms with Crippen LogP contribution in [0.2, 0.25) is 0 Å². The van der Waals surface area contributed by atoms with E-state index in [2.05, 4.69) is 10.6 Å². The average Bonchev–Trinajstić information content (AvgIpc) is 2.38. The third-order valence-electron chi connectivity index (χ3n) is 2.93. The number of amides is 2. The second-order valence-electron chi connectivity index (χ2n) is 5.02. The molecule has 2 amide bonds. The summed E-state index contributed by atoms with van der Waals surface area (Å²) in [7, 11) is 0. The molecule has 0 aliphatic heterocycles. The quantitative estimate of drug-likeness (QED) is 0.728. The molecule has 5 nitrogen and oxygen atoms in total. The van der Waals surface area contributed by atoms with E-state index in [9.17, 15) is 9.59 Å². The van der Waals surface area contributed by atoms with Crippen molar-refractivity contribution in [3.8, 4) is 0 Å². The van der Waals surface area contributed by atoms with Gasteiger partial charge in [-0.05, 0) is 19.4 Å². The monoisotopic (exact) mass is 278 g/mol. The molecule has 2 atom stereocenters. The van der Waals surface area contributed by atoms with Gasteiger partial charge in [0.1, 0.15) is 0 Å². The highest BCUT2D eigenvalue weighted by Gasteiger charge is 2.17. The second kappa shape index (κ2) is 7.65. The molecular formula is C15H22N2O3. The van der Waals surface area contributed by atoms with E-state index in [1.54, 1.807) is 6.92 Å². The lowest BCUT2D eigenvalue weighted by Gasteiger charge is -2.19. The van der Waals surface area contributed by atoms with E-state index in [0.29, 0.717) is 0 Å². The minimum absolute atomic E-state index is 0.110. The topological polar surface area (TPSA) is 78.4 Å². The van der Waals surface area contributed by atoms with Gasteiger partial charge < -0.3 is 15.7 Å². The summed E-state index contributed by atoms with van der Waals surface area (Å²) in [5.74, 6) is -0.385. The summed E-state index contributed by atoms with van der Waals surface area (Å²) < 4.78 is 0. The van der Waals surface area contributed by atoms with Gasteiger partial charge in [-0.25, -0.2) is 0 Å². The van der Waals surface area contributed by atoms with Gasteiger partial charge >= 0.3 is 0 Å². The Bertz CT molecular complexity index is 457. The molecule has 0 bridgehead atoms. The van der Waals surface area contributed by atoms with Gasteiger partial charge in [0.15, 0.2) is 0 Å². The fraction of sp³-hybridized carbons (Fsp3) is 0.467. The summed E-state index contributed by atoms with van der Waals surface area (Å²) in [4.78, 5) is 23.1. The molecule has 0 aliphatic rings. The average molecular weight is 278 g/mol. The Morgan fingerprint density at radius 1 is 1.20 bits per heavy atom.